The molecule has 7 heteroatoms. The molecule has 1 aliphatic heterocycles. The van der Waals surface area contributed by atoms with Crippen LogP contribution in [0.15, 0.2) is 28.7 Å². The fourth-order valence-corrected chi connectivity index (χ4v) is 4.50. The van der Waals surface area contributed by atoms with E-state index in [9.17, 15) is 13.7 Å². The van der Waals surface area contributed by atoms with E-state index in [0.717, 1.165) is 5.56 Å². The Morgan fingerprint density at radius 2 is 1.96 bits per heavy atom. The minimum Gasteiger partial charge on any atom is -0.419 e. The summed E-state index contributed by atoms with van der Waals surface area (Å²) in [5.41, 5.74) is 2.15. The fraction of sp³-hybridized carbons (Fsp3) is 0.444. The number of nitrogens with one attached hydrogen (secondary N) is 1. The second-order valence-electron chi connectivity index (χ2n) is 7.38. The molecule has 1 fully saturated rings. The van der Waals surface area contributed by atoms with Crippen molar-refractivity contribution >= 4 is 15.7 Å². The smallest absolute Gasteiger partial charge is 0.232 e. The summed E-state index contributed by atoms with van der Waals surface area (Å²) in [4.78, 5) is 4.23. The highest BCUT2D eigenvalue weighted by atomic mass is 32.2. The summed E-state index contributed by atoms with van der Waals surface area (Å²) in [6.07, 6.45) is 0.503. The van der Waals surface area contributed by atoms with Crippen LogP contribution in [0, 0.1) is 11.3 Å². The zero-order valence-corrected chi connectivity index (χ0v) is 15.4. The number of anilines is 1. The minimum atomic E-state index is -3.01. The number of hydrogen-bond acceptors (Lipinski definition) is 6. The minimum absolute atomic E-state index is 0.0492. The third-order valence-corrected chi connectivity index (χ3v) is 6.07. The molecule has 2 heterocycles. The van der Waals surface area contributed by atoms with Crippen LogP contribution in [0.5, 0.6) is 0 Å². The van der Waals surface area contributed by atoms with Crippen molar-refractivity contribution in [3.05, 3.63) is 35.5 Å². The third kappa shape index (κ3) is 3.85. The van der Waals surface area contributed by atoms with E-state index in [-0.39, 0.29) is 34.5 Å². The quantitative estimate of drug-likeness (QED) is 0.904. The van der Waals surface area contributed by atoms with Crippen LogP contribution in [0.1, 0.15) is 38.4 Å². The highest BCUT2D eigenvalue weighted by Crippen LogP contribution is 2.29. The maximum absolute atomic E-state index is 11.6. The molecule has 0 bridgehead atoms. The van der Waals surface area contributed by atoms with E-state index in [1.54, 1.807) is 0 Å². The van der Waals surface area contributed by atoms with Gasteiger partial charge in [-0.15, -0.1) is 0 Å². The number of nitriles is 1. The highest BCUT2D eigenvalue weighted by molar-refractivity contribution is 7.91. The highest BCUT2D eigenvalue weighted by Gasteiger charge is 2.29. The Hall–Kier alpha value is -2.33. The molecule has 0 amide bonds. The van der Waals surface area contributed by atoms with Crippen LogP contribution >= 0.6 is 0 Å². The summed E-state index contributed by atoms with van der Waals surface area (Å²) in [5, 5.41) is 12.3. The average Bonchev–Trinajstić information content (AvgIpc) is 3.10. The Kier molecular flexibility index (Phi) is 4.33. The molecule has 0 radical (unpaired) electrons. The van der Waals surface area contributed by atoms with Crippen LogP contribution in [-0.4, -0.2) is 30.9 Å². The van der Waals surface area contributed by atoms with Crippen molar-refractivity contribution < 1.29 is 12.8 Å². The van der Waals surface area contributed by atoms with Gasteiger partial charge in [0.15, 0.2) is 9.84 Å². The van der Waals surface area contributed by atoms with Gasteiger partial charge in [-0.1, -0.05) is 32.9 Å². The molecule has 1 unspecified atom stereocenters. The van der Waals surface area contributed by atoms with Crippen molar-refractivity contribution in [2.24, 2.45) is 0 Å². The molecule has 0 aliphatic carbocycles. The number of nitrogens with zero attached hydrogens (tertiary/aromatic N) is 2. The zero-order valence-electron chi connectivity index (χ0n) is 14.5. The Morgan fingerprint density at radius 3 is 2.48 bits per heavy atom. The van der Waals surface area contributed by atoms with Gasteiger partial charge in [-0.3, -0.25) is 0 Å². The standard InChI is InChI=1S/C18H21N3O3S/c1-18(2,3)13-6-4-12(5-7-13)16-21-15(10-19)17(24-16)20-14-8-9-25(22,23)11-14/h4-7,14,20H,8-9,11H2,1-3H3. The van der Waals surface area contributed by atoms with Gasteiger partial charge < -0.3 is 9.73 Å². The van der Waals surface area contributed by atoms with Gasteiger partial charge >= 0.3 is 0 Å². The molecule has 132 valence electrons. The Labute approximate surface area is 147 Å². The lowest BCUT2D eigenvalue weighted by Gasteiger charge is -2.18. The Balaban J connectivity index is 1.84. The molecule has 6 nitrogen and oxygen atoms in total. The lowest BCUT2D eigenvalue weighted by atomic mass is 9.87. The van der Waals surface area contributed by atoms with E-state index in [1.807, 2.05) is 30.3 Å². The maximum atomic E-state index is 11.6. The Morgan fingerprint density at radius 1 is 1.28 bits per heavy atom. The number of oxazole rings is 1. The van der Waals surface area contributed by atoms with Gasteiger partial charge in [-0.05, 0) is 29.5 Å². The SMILES string of the molecule is CC(C)(C)c1ccc(-c2nc(C#N)c(NC3CCS(=O)(=O)C3)o2)cc1. The first-order valence-electron chi connectivity index (χ1n) is 8.17. The van der Waals surface area contributed by atoms with Gasteiger partial charge in [0.25, 0.3) is 0 Å². The van der Waals surface area contributed by atoms with Gasteiger partial charge in [0.1, 0.15) is 6.07 Å². The largest absolute Gasteiger partial charge is 0.419 e. The molecular weight excluding hydrogens is 338 g/mol. The molecule has 1 aromatic carbocycles. The number of rotatable bonds is 3. The predicted octanol–water partition coefficient (Wildman–Crippen LogP) is 3.11. The molecule has 1 atom stereocenters. The van der Waals surface area contributed by atoms with E-state index >= 15 is 0 Å². The van der Waals surface area contributed by atoms with E-state index in [4.69, 9.17) is 4.42 Å². The fourth-order valence-electron chi connectivity index (χ4n) is 2.82. The van der Waals surface area contributed by atoms with Crippen LogP contribution in [0.2, 0.25) is 0 Å². The Bertz CT molecular complexity index is 916. The van der Waals surface area contributed by atoms with Crippen molar-refractivity contribution in [2.75, 3.05) is 16.8 Å². The van der Waals surface area contributed by atoms with Crippen LogP contribution in [-0.2, 0) is 15.3 Å². The van der Waals surface area contributed by atoms with Gasteiger partial charge in [0, 0.05) is 11.6 Å². The topological polar surface area (TPSA) is 96.0 Å². The van der Waals surface area contributed by atoms with Gasteiger partial charge in [-0.2, -0.15) is 10.2 Å². The zero-order chi connectivity index (χ0) is 18.2. The van der Waals surface area contributed by atoms with Crippen molar-refractivity contribution in [1.82, 2.24) is 4.98 Å². The molecule has 1 saturated heterocycles. The maximum Gasteiger partial charge on any atom is 0.232 e. The summed E-state index contributed by atoms with van der Waals surface area (Å²) in [5.74, 6) is 0.788. The van der Waals surface area contributed by atoms with Crippen molar-refractivity contribution in [3.63, 3.8) is 0 Å². The van der Waals surface area contributed by atoms with E-state index in [2.05, 4.69) is 31.1 Å². The number of hydrogen-bond donors (Lipinski definition) is 1. The predicted molar refractivity (Wildman–Crippen MR) is 96.0 cm³/mol. The van der Waals surface area contributed by atoms with Crippen molar-refractivity contribution in [3.8, 4) is 17.5 Å². The second kappa shape index (κ2) is 6.19. The number of aromatic nitrogens is 1. The third-order valence-electron chi connectivity index (χ3n) is 4.30. The molecule has 1 aromatic heterocycles. The van der Waals surface area contributed by atoms with Gasteiger partial charge in [0.2, 0.25) is 17.5 Å². The van der Waals surface area contributed by atoms with Crippen molar-refractivity contribution in [1.29, 1.82) is 5.26 Å². The normalized spacial score (nSPS) is 19.5. The number of sulfone groups is 1. The first-order valence-corrected chi connectivity index (χ1v) is 9.99. The van der Waals surface area contributed by atoms with Crippen LogP contribution in [0.25, 0.3) is 11.5 Å². The van der Waals surface area contributed by atoms with Gasteiger partial charge in [0.05, 0.1) is 11.5 Å². The monoisotopic (exact) mass is 359 g/mol. The molecular formula is C18H21N3O3S. The van der Waals surface area contributed by atoms with Crippen LogP contribution in [0.3, 0.4) is 0 Å². The van der Waals surface area contributed by atoms with Crippen LogP contribution in [0.4, 0.5) is 5.88 Å². The summed E-state index contributed by atoms with van der Waals surface area (Å²) in [6, 6.07) is 9.61. The summed E-state index contributed by atoms with van der Waals surface area (Å²) in [6.45, 7) is 6.41. The molecule has 2 aromatic rings. The second-order valence-corrected chi connectivity index (χ2v) is 9.61. The molecule has 1 N–H and O–H groups in total. The summed E-state index contributed by atoms with van der Waals surface area (Å²) >= 11 is 0. The van der Waals surface area contributed by atoms with E-state index in [0.29, 0.717) is 12.3 Å². The first kappa shape index (κ1) is 17.5. The molecule has 0 spiro atoms. The molecule has 1 aliphatic rings. The van der Waals surface area contributed by atoms with Gasteiger partial charge in [-0.25, -0.2) is 8.42 Å². The summed E-state index contributed by atoms with van der Waals surface area (Å²) in [7, 11) is -3.01. The average molecular weight is 359 g/mol. The lowest BCUT2D eigenvalue weighted by molar-refractivity contribution is 0.574. The number of benzene rings is 1. The lowest BCUT2D eigenvalue weighted by Crippen LogP contribution is -2.20. The first-order chi connectivity index (χ1) is 11.7. The van der Waals surface area contributed by atoms with E-state index < -0.39 is 9.84 Å². The molecule has 3 rings (SSSR count). The van der Waals surface area contributed by atoms with Crippen molar-refractivity contribution in [2.45, 2.75) is 38.6 Å². The molecule has 25 heavy (non-hydrogen) atoms. The van der Waals surface area contributed by atoms with Crippen LogP contribution < -0.4 is 5.32 Å². The summed E-state index contributed by atoms with van der Waals surface area (Å²) < 4.78 is 28.9. The van der Waals surface area contributed by atoms with E-state index in [1.165, 1.54) is 5.56 Å². The molecule has 0 saturated carbocycles.